The smallest absolute Gasteiger partial charge is 0.310 e. The molecule has 2 aliphatic heterocycles. The van der Waals surface area contributed by atoms with Crippen LogP contribution in [0.25, 0.3) is 0 Å². The number of aliphatic carboxylic acids is 2. The topological polar surface area (TPSA) is 81.1 Å². The third-order valence-corrected chi connectivity index (χ3v) is 9.37. The van der Waals surface area contributed by atoms with Crippen LogP contribution in [-0.2, 0) is 9.59 Å². The Morgan fingerprint density at radius 3 is 1.36 bits per heavy atom. The van der Waals surface area contributed by atoms with Crippen molar-refractivity contribution in [2.75, 3.05) is 13.1 Å². The number of rotatable bonds is 11. The van der Waals surface area contributed by atoms with Gasteiger partial charge in [0, 0.05) is 41.7 Å². The molecule has 0 bridgehead atoms. The number of carboxylic acid groups (broad SMARTS) is 2. The third kappa shape index (κ3) is 5.91. The van der Waals surface area contributed by atoms with Crippen molar-refractivity contribution in [2.24, 2.45) is 17.3 Å². The molecule has 0 aromatic carbocycles. The number of likely N-dealkylation sites (tertiary alicyclic amines) is 2. The van der Waals surface area contributed by atoms with Crippen molar-refractivity contribution in [3.05, 3.63) is 25.3 Å². The molecule has 2 fully saturated rings. The fraction of sp³-hybridized carbons (Fsp3) is 0.800. The third-order valence-electron chi connectivity index (χ3n) is 9.37. The molecule has 6 nitrogen and oxygen atoms in total. The monoisotopic (exact) mass is 504 g/mol. The summed E-state index contributed by atoms with van der Waals surface area (Å²) in [5.41, 5.74) is -1.81. The Morgan fingerprint density at radius 1 is 0.778 bits per heavy atom. The summed E-state index contributed by atoms with van der Waals surface area (Å²) in [4.78, 5) is 29.9. The van der Waals surface area contributed by atoms with Gasteiger partial charge in [0.1, 0.15) is 0 Å². The highest BCUT2D eigenvalue weighted by Gasteiger charge is 2.60. The van der Waals surface area contributed by atoms with Crippen molar-refractivity contribution in [1.29, 1.82) is 0 Å². The van der Waals surface area contributed by atoms with Gasteiger partial charge in [0.25, 0.3) is 0 Å². The molecule has 2 N–H and O–H groups in total. The highest BCUT2D eigenvalue weighted by molar-refractivity contribution is 5.76. The van der Waals surface area contributed by atoms with Crippen molar-refractivity contribution >= 4 is 11.9 Å². The van der Waals surface area contributed by atoms with Gasteiger partial charge in [-0.25, -0.2) is 0 Å². The second kappa shape index (κ2) is 10.6. The number of carboxylic acids is 2. The Bertz CT molecular complexity index is 756. The Kier molecular flexibility index (Phi) is 9.00. The van der Waals surface area contributed by atoms with Crippen LogP contribution in [0.3, 0.4) is 0 Å². The van der Waals surface area contributed by atoms with E-state index in [9.17, 15) is 19.8 Å². The van der Waals surface area contributed by atoms with Crippen LogP contribution in [0, 0.1) is 17.3 Å². The molecule has 6 heteroatoms. The van der Waals surface area contributed by atoms with Gasteiger partial charge in [-0.05, 0) is 106 Å². The van der Waals surface area contributed by atoms with Gasteiger partial charge in [-0.1, -0.05) is 12.2 Å². The minimum atomic E-state index is -0.987. The number of nitrogens with zero attached hydrogens (tertiary/aromatic N) is 2. The van der Waals surface area contributed by atoms with E-state index in [0.29, 0.717) is 12.8 Å². The van der Waals surface area contributed by atoms with E-state index in [0.717, 1.165) is 38.8 Å². The first-order valence-corrected chi connectivity index (χ1v) is 13.6. The first-order chi connectivity index (χ1) is 16.4. The van der Waals surface area contributed by atoms with Crippen molar-refractivity contribution in [2.45, 2.75) is 122 Å². The molecule has 0 radical (unpaired) electrons. The van der Waals surface area contributed by atoms with Crippen molar-refractivity contribution < 1.29 is 19.8 Å². The predicted octanol–water partition coefficient (Wildman–Crippen LogP) is 6.22. The molecule has 0 unspecified atom stereocenters. The summed E-state index contributed by atoms with van der Waals surface area (Å²) in [7, 11) is 0. The zero-order chi connectivity index (χ0) is 27.7. The van der Waals surface area contributed by atoms with Gasteiger partial charge in [-0.2, -0.15) is 0 Å². The van der Waals surface area contributed by atoms with Crippen LogP contribution in [-0.4, -0.2) is 67.2 Å². The molecule has 2 heterocycles. The maximum Gasteiger partial charge on any atom is 0.310 e. The summed E-state index contributed by atoms with van der Waals surface area (Å²) in [6.07, 6.45) is 7.68. The molecule has 2 rings (SSSR count). The zero-order valence-corrected chi connectivity index (χ0v) is 24.2. The molecule has 0 aromatic rings. The Labute approximate surface area is 219 Å². The number of hydrogen-bond acceptors (Lipinski definition) is 4. The number of piperidine rings is 2. The van der Waals surface area contributed by atoms with Gasteiger partial charge in [-0.15, -0.1) is 13.2 Å². The van der Waals surface area contributed by atoms with Gasteiger partial charge < -0.3 is 10.2 Å². The average Bonchev–Trinajstić information content (AvgIpc) is 2.69. The molecular formula is C30H52N2O4. The Balaban J connectivity index is 2.64. The van der Waals surface area contributed by atoms with Crippen LogP contribution in [0.4, 0.5) is 0 Å². The predicted molar refractivity (Wildman–Crippen MR) is 147 cm³/mol. The Morgan fingerprint density at radius 2 is 1.11 bits per heavy atom. The average molecular weight is 505 g/mol. The molecular weight excluding hydrogens is 452 g/mol. The number of hydrogen-bond donors (Lipinski definition) is 2. The van der Waals surface area contributed by atoms with Crippen LogP contribution in [0.5, 0.6) is 0 Å². The quantitative estimate of drug-likeness (QED) is 0.325. The Hall–Kier alpha value is -1.66. The summed E-state index contributed by atoms with van der Waals surface area (Å²) in [6.45, 7) is 27.2. The summed E-state index contributed by atoms with van der Waals surface area (Å²) >= 11 is 0. The van der Waals surface area contributed by atoms with Gasteiger partial charge in [-0.3, -0.25) is 19.4 Å². The van der Waals surface area contributed by atoms with Crippen LogP contribution >= 0.6 is 0 Å². The lowest BCUT2D eigenvalue weighted by Gasteiger charge is -2.62. The van der Waals surface area contributed by atoms with Gasteiger partial charge >= 0.3 is 11.9 Å². The summed E-state index contributed by atoms with van der Waals surface area (Å²) < 4.78 is 0. The minimum Gasteiger partial charge on any atom is -0.481 e. The minimum absolute atomic E-state index is 0.000774. The lowest BCUT2D eigenvalue weighted by molar-refractivity contribution is -0.178. The molecule has 0 amide bonds. The fourth-order valence-electron chi connectivity index (χ4n) is 8.34. The SMILES string of the molecule is C=CCN1C(C)(C)CC(C(CCCC(=O)O)(C(=O)O)C2CC(C)(C)N(CC=C)C(C)(C)C2)CC1(C)C. The first-order valence-electron chi connectivity index (χ1n) is 13.6. The summed E-state index contributed by atoms with van der Waals surface area (Å²) in [5.74, 6) is -1.73. The maximum absolute atomic E-state index is 13.5. The highest BCUT2D eigenvalue weighted by atomic mass is 16.4. The van der Waals surface area contributed by atoms with E-state index in [1.54, 1.807) is 0 Å². The summed E-state index contributed by atoms with van der Waals surface area (Å²) in [6, 6.07) is 0. The first kappa shape index (κ1) is 30.6. The molecule has 0 aromatic heterocycles. The van der Waals surface area contributed by atoms with Crippen molar-refractivity contribution in [3.8, 4) is 0 Å². The molecule has 0 spiro atoms. The number of carbonyl (C=O) groups is 2. The second-order valence-electron chi connectivity index (χ2n) is 13.9. The van der Waals surface area contributed by atoms with E-state index in [-0.39, 0.29) is 40.4 Å². The highest BCUT2D eigenvalue weighted by Crippen LogP contribution is 2.58. The van der Waals surface area contributed by atoms with E-state index in [2.05, 4.69) is 78.3 Å². The van der Waals surface area contributed by atoms with Crippen molar-refractivity contribution in [1.82, 2.24) is 9.80 Å². The van der Waals surface area contributed by atoms with E-state index in [1.807, 2.05) is 12.2 Å². The van der Waals surface area contributed by atoms with Crippen LogP contribution in [0.1, 0.15) is 100 Å². The van der Waals surface area contributed by atoms with Gasteiger partial charge in [0.2, 0.25) is 0 Å². The molecule has 0 aliphatic carbocycles. The lowest BCUT2D eigenvalue weighted by Crippen LogP contribution is -2.67. The largest absolute Gasteiger partial charge is 0.481 e. The van der Waals surface area contributed by atoms with Crippen LogP contribution in [0.2, 0.25) is 0 Å². The van der Waals surface area contributed by atoms with Gasteiger partial charge in [0.05, 0.1) is 5.41 Å². The van der Waals surface area contributed by atoms with Crippen LogP contribution in [0.15, 0.2) is 25.3 Å². The molecule has 0 saturated carbocycles. The molecule has 2 aliphatic rings. The zero-order valence-electron chi connectivity index (χ0n) is 24.2. The molecule has 2 saturated heterocycles. The second-order valence-corrected chi connectivity index (χ2v) is 13.9. The van der Waals surface area contributed by atoms with E-state index < -0.39 is 17.4 Å². The normalized spacial score (nSPS) is 24.8. The van der Waals surface area contributed by atoms with Crippen LogP contribution < -0.4 is 0 Å². The van der Waals surface area contributed by atoms with Crippen molar-refractivity contribution in [3.63, 3.8) is 0 Å². The maximum atomic E-state index is 13.5. The molecule has 36 heavy (non-hydrogen) atoms. The van der Waals surface area contributed by atoms with E-state index in [4.69, 9.17) is 0 Å². The standard InChI is InChI=1S/C30H52N2O4/c1-11-16-31-26(3,4)18-22(19-27(31,5)6)30(25(35)36,15-13-14-24(33)34)23-20-28(7,8)32(17-12-2)29(9,10)21-23/h11-12,22-23H,1-2,13-21H2,3-10H3,(H,33,34)(H,35,36). The molecule has 0 atom stereocenters. The summed E-state index contributed by atoms with van der Waals surface area (Å²) in [5, 5.41) is 20.5. The van der Waals surface area contributed by atoms with E-state index in [1.165, 1.54) is 0 Å². The lowest BCUT2D eigenvalue weighted by atomic mass is 9.52. The van der Waals surface area contributed by atoms with Gasteiger partial charge in [0.15, 0.2) is 0 Å². The van der Waals surface area contributed by atoms with E-state index >= 15 is 0 Å². The fourth-order valence-corrected chi connectivity index (χ4v) is 8.34. The molecule has 206 valence electrons.